The van der Waals surface area contributed by atoms with Gasteiger partial charge in [-0.15, -0.1) is 0 Å². The maximum absolute atomic E-state index is 12.6. The molecule has 1 atom stereocenters. The molecule has 0 aliphatic carbocycles. The van der Waals surface area contributed by atoms with Crippen molar-refractivity contribution in [1.29, 1.82) is 0 Å². The number of piperazine rings is 2. The van der Waals surface area contributed by atoms with Gasteiger partial charge in [0.2, 0.25) is 11.8 Å². The minimum absolute atomic E-state index is 0.0806. The Bertz CT molecular complexity index is 577. The van der Waals surface area contributed by atoms with Crippen molar-refractivity contribution in [3.05, 3.63) is 30.3 Å². The molecule has 2 amide bonds. The lowest BCUT2D eigenvalue weighted by atomic mass is 10.1. The van der Waals surface area contributed by atoms with Gasteiger partial charge in [0, 0.05) is 52.5 Å². The van der Waals surface area contributed by atoms with Crippen molar-refractivity contribution in [3.8, 4) is 0 Å². The van der Waals surface area contributed by atoms with E-state index >= 15 is 0 Å². The molecule has 1 aromatic rings. The SMILES string of the molecule is CN1CCN2CCN(C(=O)CN(C)c3ccccc3)CC2C1=O. The molecule has 2 aliphatic heterocycles. The van der Waals surface area contributed by atoms with Gasteiger partial charge < -0.3 is 14.7 Å². The molecule has 124 valence electrons. The van der Waals surface area contributed by atoms with Crippen LogP contribution in [0.4, 0.5) is 5.69 Å². The second-order valence-electron chi connectivity index (χ2n) is 6.34. The third-order valence-corrected chi connectivity index (χ3v) is 4.80. The number of rotatable bonds is 3. The lowest BCUT2D eigenvalue weighted by Gasteiger charge is -2.45. The van der Waals surface area contributed by atoms with Gasteiger partial charge in [0.15, 0.2) is 0 Å². The summed E-state index contributed by atoms with van der Waals surface area (Å²) in [5, 5.41) is 0. The lowest BCUT2D eigenvalue weighted by Crippen LogP contribution is -2.65. The summed E-state index contributed by atoms with van der Waals surface area (Å²) in [4.78, 5) is 32.6. The number of para-hydroxylation sites is 1. The van der Waals surface area contributed by atoms with Gasteiger partial charge in [0.05, 0.1) is 6.54 Å². The van der Waals surface area contributed by atoms with Crippen LogP contribution < -0.4 is 4.90 Å². The topological polar surface area (TPSA) is 47.1 Å². The van der Waals surface area contributed by atoms with Gasteiger partial charge in [0.25, 0.3) is 0 Å². The number of benzene rings is 1. The Balaban J connectivity index is 1.61. The van der Waals surface area contributed by atoms with Crippen LogP contribution >= 0.6 is 0 Å². The summed E-state index contributed by atoms with van der Waals surface area (Å²) >= 11 is 0. The van der Waals surface area contributed by atoms with Crippen LogP contribution in [-0.4, -0.2) is 85.9 Å². The van der Waals surface area contributed by atoms with Gasteiger partial charge in [-0.1, -0.05) is 18.2 Å². The highest BCUT2D eigenvalue weighted by molar-refractivity contribution is 5.85. The summed E-state index contributed by atoms with van der Waals surface area (Å²) in [6, 6.07) is 9.70. The lowest BCUT2D eigenvalue weighted by molar-refractivity contribution is -0.146. The first-order valence-corrected chi connectivity index (χ1v) is 8.09. The van der Waals surface area contributed by atoms with E-state index in [1.165, 1.54) is 0 Å². The summed E-state index contributed by atoms with van der Waals surface area (Å²) in [5.74, 6) is 0.210. The van der Waals surface area contributed by atoms with Crippen LogP contribution in [0.5, 0.6) is 0 Å². The molecule has 2 saturated heterocycles. The van der Waals surface area contributed by atoms with E-state index in [-0.39, 0.29) is 17.9 Å². The van der Waals surface area contributed by atoms with Crippen molar-refractivity contribution in [1.82, 2.24) is 14.7 Å². The zero-order valence-corrected chi connectivity index (χ0v) is 13.8. The van der Waals surface area contributed by atoms with E-state index in [2.05, 4.69) is 4.90 Å². The Morgan fingerprint density at radius 3 is 2.61 bits per heavy atom. The Hall–Kier alpha value is -2.08. The number of hydrogen-bond acceptors (Lipinski definition) is 4. The molecule has 2 fully saturated rings. The Morgan fingerprint density at radius 2 is 1.87 bits per heavy atom. The summed E-state index contributed by atoms with van der Waals surface area (Å²) in [5.41, 5.74) is 1.02. The summed E-state index contributed by atoms with van der Waals surface area (Å²) in [6.45, 7) is 4.00. The first-order chi connectivity index (χ1) is 11.1. The molecule has 1 unspecified atom stereocenters. The Kier molecular flexibility index (Phi) is 4.52. The van der Waals surface area contributed by atoms with Crippen LogP contribution in [0.15, 0.2) is 30.3 Å². The highest BCUT2D eigenvalue weighted by atomic mass is 16.2. The molecule has 6 nitrogen and oxygen atoms in total. The van der Waals surface area contributed by atoms with Crippen LogP contribution in [0.25, 0.3) is 0 Å². The summed E-state index contributed by atoms with van der Waals surface area (Å²) in [6.07, 6.45) is 0. The standard InChI is InChI=1S/C17H24N4O2/c1-18-8-9-20-10-11-21(12-15(20)17(18)23)16(22)13-19(2)14-6-4-3-5-7-14/h3-7,15H,8-13H2,1-2H3. The van der Waals surface area contributed by atoms with Crippen molar-refractivity contribution in [2.45, 2.75) is 6.04 Å². The molecule has 2 aliphatic rings. The molecule has 0 spiro atoms. The Morgan fingerprint density at radius 1 is 1.17 bits per heavy atom. The van der Waals surface area contributed by atoms with Gasteiger partial charge in [-0.2, -0.15) is 0 Å². The van der Waals surface area contributed by atoms with Crippen molar-refractivity contribution in [3.63, 3.8) is 0 Å². The van der Waals surface area contributed by atoms with Crippen molar-refractivity contribution in [2.75, 3.05) is 58.3 Å². The minimum Gasteiger partial charge on any atom is -0.365 e. The fraction of sp³-hybridized carbons (Fsp3) is 0.529. The first kappa shape index (κ1) is 15.8. The van der Waals surface area contributed by atoms with Crippen LogP contribution in [0, 0.1) is 0 Å². The van der Waals surface area contributed by atoms with Gasteiger partial charge in [-0.25, -0.2) is 0 Å². The number of anilines is 1. The number of carbonyl (C=O) groups is 2. The van der Waals surface area contributed by atoms with Gasteiger partial charge >= 0.3 is 0 Å². The largest absolute Gasteiger partial charge is 0.365 e. The van der Waals surface area contributed by atoms with Gasteiger partial charge in [-0.3, -0.25) is 14.5 Å². The molecule has 0 aromatic heterocycles. The quantitative estimate of drug-likeness (QED) is 0.794. The summed E-state index contributed by atoms with van der Waals surface area (Å²) < 4.78 is 0. The average Bonchev–Trinajstić information content (AvgIpc) is 2.58. The third kappa shape index (κ3) is 3.32. The van der Waals surface area contributed by atoms with E-state index in [4.69, 9.17) is 0 Å². The van der Waals surface area contributed by atoms with Crippen LogP contribution in [-0.2, 0) is 9.59 Å². The van der Waals surface area contributed by atoms with Crippen LogP contribution in [0.1, 0.15) is 0 Å². The molecular weight excluding hydrogens is 292 g/mol. The number of likely N-dealkylation sites (N-methyl/N-ethyl adjacent to an activating group) is 2. The third-order valence-electron chi connectivity index (χ3n) is 4.80. The van der Waals surface area contributed by atoms with E-state index < -0.39 is 0 Å². The van der Waals surface area contributed by atoms with E-state index in [1.54, 1.807) is 4.90 Å². The maximum atomic E-state index is 12.6. The predicted octanol–water partition coefficient (Wildman–Crippen LogP) is 0.108. The van der Waals surface area contributed by atoms with Crippen LogP contribution in [0.3, 0.4) is 0 Å². The predicted molar refractivity (Wildman–Crippen MR) is 89.3 cm³/mol. The minimum atomic E-state index is -0.173. The van der Waals surface area contributed by atoms with Crippen molar-refractivity contribution in [2.24, 2.45) is 0 Å². The molecule has 23 heavy (non-hydrogen) atoms. The highest BCUT2D eigenvalue weighted by Crippen LogP contribution is 2.17. The zero-order chi connectivity index (χ0) is 16.4. The number of nitrogens with zero attached hydrogens (tertiary/aromatic N) is 4. The van der Waals surface area contributed by atoms with Gasteiger partial charge in [-0.05, 0) is 12.1 Å². The molecular formula is C17H24N4O2. The molecule has 2 heterocycles. The molecule has 0 radical (unpaired) electrons. The number of amides is 2. The smallest absolute Gasteiger partial charge is 0.242 e. The number of hydrogen-bond donors (Lipinski definition) is 0. The average molecular weight is 316 g/mol. The van der Waals surface area contributed by atoms with Crippen LogP contribution in [0.2, 0.25) is 0 Å². The molecule has 0 saturated carbocycles. The number of carbonyl (C=O) groups excluding carboxylic acids is 2. The van der Waals surface area contributed by atoms with E-state index in [0.29, 0.717) is 19.6 Å². The van der Waals surface area contributed by atoms with E-state index in [0.717, 1.165) is 25.3 Å². The molecule has 0 N–H and O–H groups in total. The maximum Gasteiger partial charge on any atom is 0.242 e. The van der Waals surface area contributed by atoms with E-state index in [1.807, 2.05) is 54.2 Å². The molecule has 6 heteroatoms. The fourth-order valence-electron chi connectivity index (χ4n) is 3.27. The molecule has 3 rings (SSSR count). The monoisotopic (exact) mass is 316 g/mol. The molecule has 0 bridgehead atoms. The van der Waals surface area contributed by atoms with Gasteiger partial charge in [0.1, 0.15) is 6.04 Å². The second-order valence-corrected chi connectivity index (χ2v) is 6.34. The van der Waals surface area contributed by atoms with E-state index in [9.17, 15) is 9.59 Å². The zero-order valence-electron chi connectivity index (χ0n) is 13.8. The van der Waals surface area contributed by atoms with Crippen molar-refractivity contribution < 1.29 is 9.59 Å². The second kappa shape index (κ2) is 6.58. The summed E-state index contributed by atoms with van der Waals surface area (Å²) in [7, 11) is 3.76. The normalized spacial score (nSPS) is 22.0. The number of fused-ring (bicyclic) bond motifs is 1. The molecule has 1 aromatic carbocycles. The first-order valence-electron chi connectivity index (χ1n) is 8.09. The van der Waals surface area contributed by atoms with Crippen molar-refractivity contribution >= 4 is 17.5 Å². The fourth-order valence-corrected chi connectivity index (χ4v) is 3.27. The highest BCUT2D eigenvalue weighted by Gasteiger charge is 2.38. The Labute approximate surface area is 137 Å².